The highest BCUT2D eigenvalue weighted by atomic mass is 16.0. The van der Waals surface area contributed by atoms with Gasteiger partial charge in [-0.1, -0.05) is 0 Å². The summed E-state index contributed by atoms with van der Waals surface area (Å²) in [7, 11) is 0. The maximum atomic E-state index is 3.22. The van der Waals surface area contributed by atoms with Gasteiger partial charge in [-0.2, -0.15) is 0 Å². The van der Waals surface area contributed by atoms with Gasteiger partial charge < -0.3 is 21.6 Å². The van der Waals surface area contributed by atoms with Crippen molar-refractivity contribution in [3.8, 4) is 0 Å². The molecule has 0 unspecified atom stereocenters. The molecule has 1 heterocycles. The van der Waals surface area contributed by atoms with Crippen LogP contribution in [0, 0.1) is 0 Å². The fraction of sp³-hybridized carbons (Fsp3) is 1.00. The highest BCUT2D eigenvalue weighted by molar-refractivity contribution is 4.59. The molecule has 0 bridgehead atoms. The third-order valence-corrected chi connectivity index (χ3v) is 0.957. The smallest absolute Gasteiger partial charge is 0.00772 e. The molecule has 0 aromatic carbocycles. The van der Waals surface area contributed by atoms with Crippen molar-refractivity contribution >= 4 is 0 Å². The highest BCUT2D eigenvalue weighted by Crippen LogP contribution is 1.65. The molecule has 6 N–H and O–H groups in total. The molecule has 0 aromatic heterocycles. The van der Waals surface area contributed by atoms with E-state index in [0.717, 1.165) is 26.2 Å². The molecule has 52 valence electrons. The van der Waals surface area contributed by atoms with Gasteiger partial charge in [0.2, 0.25) is 0 Å². The van der Waals surface area contributed by atoms with E-state index in [4.69, 9.17) is 0 Å². The van der Waals surface area contributed by atoms with E-state index < -0.39 is 0 Å². The summed E-state index contributed by atoms with van der Waals surface area (Å²) in [6.07, 6.45) is 0. The summed E-state index contributed by atoms with van der Waals surface area (Å²) in [4.78, 5) is 0. The lowest BCUT2D eigenvalue weighted by Crippen LogP contribution is -2.39. The number of nitrogens with one attached hydrogen (secondary N) is 2. The van der Waals surface area contributed by atoms with E-state index in [1.54, 1.807) is 0 Å². The number of piperazine rings is 1. The van der Waals surface area contributed by atoms with Crippen LogP contribution in [0.15, 0.2) is 0 Å². The van der Waals surface area contributed by atoms with Crippen molar-refractivity contribution in [2.75, 3.05) is 26.2 Å². The van der Waals surface area contributed by atoms with Gasteiger partial charge >= 0.3 is 0 Å². The average molecular weight is 122 g/mol. The average Bonchev–Trinajstić information content (AvgIpc) is 1.72. The van der Waals surface area contributed by atoms with Crippen LogP contribution >= 0.6 is 0 Å². The Morgan fingerprint density at radius 1 is 0.625 bits per heavy atom. The van der Waals surface area contributed by atoms with E-state index in [0.29, 0.717) is 0 Å². The normalized spacial score (nSPS) is 18.0. The molecule has 1 rings (SSSR count). The first-order chi connectivity index (χ1) is 3.00. The van der Waals surface area contributed by atoms with E-state index >= 15 is 0 Å². The Labute approximate surface area is 48.9 Å². The number of hydrogen-bond donors (Lipinski definition) is 2. The van der Waals surface area contributed by atoms with Gasteiger partial charge in [-0.3, -0.25) is 0 Å². The van der Waals surface area contributed by atoms with Gasteiger partial charge in [0.25, 0.3) is 0 Å². The van der Waals surface area contributed by atoms with Crippen LogP contribution in [-0.4, -0.2) is 37.1 Å². The van der Waals surface area contributed by atoms with Crippen molar-refractivity contribution in [1.29, 1.82) is 0 Å². The maximum Gasteiger partial charge on any atom is 0.00772 e. The van der Waals surface area contributed by atoms with Crippen molar-refractivity contribution in [2.24, 2.45) is 0 Å². The molecule has 0 aromatic rings. The summed E-state index contributed by atoms with van der Waals surface area (Å²) in [5.41, 5.74) is 0. The SMILES string of the molecule is C1CNCCN1.O.O. The first-order valence-electron chi connectivity index (χ1n) is 2.41. The van der Waals surface area contributed by atoms with E-state index in [9.17, 15) is 0 Å². The zero-order valence-corrected chi connectivity index (χ0v) is 4.83. The molecule has 1 fully saturated rings. The molecule has 8 heavy (non-hydrogen) atoms. The number of hydrogen-bond acceptors (Lipinski definition) is 2. The predicted molar refractivity (Wildman–Crippen MR) is 33.0 cm³/mol. The van der Waals surface area contributed by atoms with Crippen molar-refractivity contribution in [1.82, 2.24) is 10.6 Å². The first kappa shape index (κ1) is 10.8. The van der Waals surface area contributed by atoms with Crippen molar-refractivity contribution in [3.63, 3.8) is 0 Å². The Bertz CT molecular complexity index is 27.5. The minimum absolute atomic E-state index is 0. The van der Waals surface area contributed by atoms with Crippen molar-refractivity contribution in [2.45, 2.75) is 0 Å². The Morgan fingerprint density at radius 2 is 0.875 bits per heavy atom. The monoisotopic (exact) mass is 122 g/mol. The van der Waals surface area contributed by atoms with Gasteiger partial charge in [-0.05, 0) is 0 Å². The lowest BCUT2D eigenvalue weighted by atomic mass is 10.4. The first-order valence-corrected chi connectivity index (χ1v) is 2.41. The van der Waals surface area contributed by atoms with E-state index in [2.05, 4.69) is 10.6 Å². The quantitative estimate of drug-likeness (QED) is 0.373. The van der Waals surface area contributed by atoms with Crippen LogP contribution < -0.4 is 10.6 Å². The van der Waals surface area contributed by atoms with Crippen LogP contribution in [0.5, 0.6) is 0 Å². The highest BCUT2D eigenvalue weighted by Gasteiger charge is 1.91. The molecular weight excluding hydrogens is 108 g/mol. The number of rotatable bonds is 0. The lowest BCUT2D eigenvalue weighted by molar-refractivity contribution is 0.534. The van der Waals surface area contributed by atoms with Crippen LogP contribution in [0.3, 0.4) is 0 Å². The fourth-order valence-electron chi connectivity index (χ4n) is 0.604. The van der Waals surface area contributed by atoms with Crippen molar-refractivity contribution < 1.29 is 11.0 Å². The summed E-state index contributed by atoms with van der Waals surface area (Å²) < 4.78 is 0. The minimum Gasteiger partial charge on any atom is -0.412 e. The van der Waals surface area contributed by atoms with E-state index in [1.807, 2.05) is 0 Å². The lowest BCUT2D eigenvalue weighted by Gasteiger charge is -2.11. The van der Waals surface area contributed by atoms with Crippen molar-refractivity contribution in [3.05, 3.63) is 0 Å². The molecule has 0 spiro atoms. The van der Waals surface area contributed by atoms with Gasteiger partial charge in [0.05, 0.1) is 0 Å². The van der Waals surface area contributed by atoms with Gasteiger partial charge in [-0.15, -0.1) is 0 Å². The second-order valence-corrected chi connectivity index (χ2v) is 1.50. The van der Waals surface area contributed by atoms with Gasteiger partial charge in [0.1, 0.15) is 0 Å². The molecule has 0 aliphatic carbocycles. The molecule has 4 heteroatoms. The van der Waals surface area contributed by atoms with E-state index in [-0.39, 0.29) is 11.0 Å². The second kappa shape index (κ2) is 6.84. The summed E-state index contributed by atoms with van der Waals surface area (Å²) >= 11 is 0. The molecule has 4 nitrogen and oxygen atoms in total. The topological polar surface area (TPSA) is 87.1 Å². The molecule has 1 saturated heterocycles. The molecule has 0 atom stereocenters. The van der Waals surface area contributed by atoms with Crippen LogP contribution in [0.2, 0.25) is 0 Å². The molecule has 1 aliphatic rings. The molecule has 0 saturated carbocycles. The third-order valence-electron chi connectivity index (χ3n) is 0.957. The fourth-order valence-corrected chi connectivity index (χ4v) is 0.604. The zero-order chi connectivity index (χ0) is 4.24. The standard InChI is InChI=1S/C4H10N2.2H2O/c1-2-6-4-3-5-1;;/h5-6H,1-4H2;2*1H2. The summed E-state index contributed by atoms with van der Waals surface area (Å²) in [5.74, 6) is 0. The Hall–Kier alpha value is -0.160. The van der Waals surface area contributed by atoms with Crippen LogP contribution in [-0.2, 0) is 0 Å². The largest absolute Gasteiger partial charge is 0.412 e. The summed E-state index contributed by atoms with van der Waals surface area (Å²) in [6, 6.07) is 0. The van der Waals surface area contributed by atoms with E-state index in [1.165, 1.54) is 0 Å². The Balaban J connectivity index is 0. The predicted octanol–water partition coefficient (Wildman–Crippen LogP) is -2.47. The third kappa shape index (κ3) is 4.01. The van der Waals surface area contributed by atoms with Crippen LogP contribution in [0.25, 0.3) is 0 Å². The Kier molecular flexibility index (Phi) is 9.20. The zero-order valence-electron chi connectivity index (χ0n) is 4.83. The maximum absolute atomic E-state index is 3.22. The molecule has 0 amide bonds. The van der Waals surface area contributed by atoms with Gasteiger partial charge in [0.15, 0.2) is 0 Å². The summed E-state index contributed by atoms with van der Waals surface area (Å²) in [6.45, 7) is 4.56. The summed E-state index contributed by atoms with van der Waals surface area (Å²) in [5, 5.41) is 6.44. The van der Waals surface area contributed by atoms with Gasteiger partial charge in [-0.25, -0.2) is 0 Å². The molecule has 1 aliphatic heterocycles. The molecular formula is C4H14N2O2. The Morgan fingerprint density at radius 3 is 1.00 bits per heavy atom. The van der Waals surface area contributed by atoms with Crippen LogP contribution in [0.1, 0.15) is 0 Å². The van der Waals surface area contributed by atoms with Gasteiger partial charge in [0, 0.05) is 26.2 Å². The minimum atomic E-state index is 0. The molecule has 0 radical (unpaired) electrons. The van der Waals surface area contributed by atoms with Crippen LogP contribution in [0.4, 0.5) is 0 Å². The second-order valence-electron chi connectivity index (χ2n) is 1.50.